The highest BCUT2D eigenvalue weighted by molar-refractivity contribution is 7.89. The Morgan fingerprint density at radius 1 is 1.35 bits per heavy atom. The summed E-state index contributed by atoms with van der Waals surface area (Å²) >= 11 is 0. The highest BCUT2D eigenvalue weighted by atomic mass is 32.2. The van der Waals surface area contributed by atoms with E-state index in [0.29, 0.717) is 6.07 Å². The number of nitrogens with one attached hydrogen (secondary N) is 1. The summed E-state index contributed by atoms with van der Waals surface area (Å²) in [6.45, 7) is -0.134. The summed E-state index contributed by atoms with van der Waals surface area (Å²) in [7, 11) is -3.00. The number of ether oxygens (including phenoxy) is 1. The van der Waals surface area contributed by atoms with Gasteiger partial charge in [0, 0.05) is 13.7 Å². The van der Waals surface area contributed by atoms with Gasteiger partial charge in [0.15, 0.2) is 0 Å². The molecule has 0 radical (unpaired) electrons. The van der Waals surface area contributed by atoms with Gasteiger partial charge in [-0.15, -0.1) is 0 Å². The lowest BCUT2D eigenvalue weighted by molar-refractivity contribution is -0.139. The SMILES string of the molecule is COCC(CN)NS(=O)(=O)c1ccccc1C(F)(F)F. The predicted molar refractivity (Wildman–Crippen MR) is 66.5 cm³/mol. The van der Waals surface area contributed by atoms with Crippen molar-refractivity contribution in [2.45, 2.75) is 17.1 Å². The van der Waals surface area contributed by atoms with E-state index < -0.39 is 32.7 Å². The van der Waals surface area contributed by atoms with E-state index in [0.717, 1.165) is 12.1 Å². The largest absolute Gasteiger partial charge is 0.417 e. The summed E-state index contributed by atoms with van der Waals surface area (Å²) in [4.78, 5) is -0.831. The van der Waals surface area contributed by atoms with Gasteiger partial charge in [-0.3, -0.25) is 0 Å². The third kappa shape index (κ3) is 4.17. The van der Waals surface area contributed by atoms with Crippen molar-refractivity contribution in [3.05, 3.63) is 29.8 Å². The second kappa shape index (κ2) is 6.53. The number of nitrogens with two attached hydrogens (primary N) is 1. The number of benzene rings is 1. The predicted octanol–water partition coefficient (Wildman–Crippen LogP) is 0.957. The van der Waals surface area contributed by atoms with Crippen molar-refractivity contribution >= 4 is 10.0 Å². The molecule has 0 amide bonds. The van der Waals surface area contributed by atoms with Gasteiger partial charge in [-0.25, -0.2) is 13.1 Å². The molecule has 0 fully saturated rings. The molecule has 9 heteroatoms. The van der Waals surface area contributed by atoms with Crippen LogP contribution in [0.1, 0.15) is 5.56 Å². The van der Waals surface area contributed by atoms with Gasteiger partial charge in [0.05, 0.1) is 23.1 Å². The third-order valence-corrected chi connectivity index (χ3v) is 4.03. The highest BCUT2D eigenvalue weighted by Gasteiger charge is 2.37. The second-order valence-corrected chi connectivity index (χ2v) is 5.69. The van der Waals surface area contributed by atoms with Crippen molar-refractivity contribution in [1.82, 2.24) is 4.72 Å². The summed E-state index contributed by atoms with van der Waals surface area (Å²) < 4.78 is 69.3. The second-order valence-electron chi connectivity index (χ2n) is 4.00. The first kappa shape index (κ1) is 16.9. The fourth-order valence-electron chi connectivity index (χ4n) is 1.57. The molecule has 1 unspecified atom stereocenters. The van der Waals surface area contributed by atoms with E-state index >= 15 is 0 Å². The summed E-state index contributed by atoms with van der Waals surface area (Å²) in [5, 5.41) is 0. The van der Waals surface area contributed by atoms with Gasteiger partial charge in [-0.2, -0.15) is 13.2 Å². The Bertz CT molecular complexity index is 546. The normalized spacial score (nSPS) is 14.2. The maximum absolute atomic E-state index is 12.8. The van der Waals surface area contributed by atoms with E-state index in [1.807, 2.05) is 0 Å². The highest BCUT2D eigenvalue weighted by Crippen LogP contribution is 2.33. The lowest BCUT2D eigenvalue weighted by Crippen LogP contribution is -2.43. The topological polar surface area (TPSA) is 81.4 Å². The molecule has 0 aliphatic rings. The minimum atomic E-state index is -4.76. The molecule has 0 spiro atoms. The summed E-state index contributed by atoms with van der Waals surface area (Å²) in [6.07, 6.45) is -4.76. The minimum Gasteiger partial charge on any atom is -0.383 e. The average Bonchev–Trinajstić information content (AvgIpc) is 2.37. The first-order chi connectivity index (χ1) is 9.22. The molecule has 1 aromatic rings. The fraction of sp³-hybridized carbons (Fsp3) is 0.455. The number of alkyl halides is 3. The lowest BCUT2D eigenvalue weighted by atomic mass is 10.2. The number of rotatable bonds is 6. The van der Waals surface area contributed by atoms with Crippen LogP contribution in [0.15, 0.2) is 29.2 Å². The van der Waals surface area contributed by atoms with Gasteiger partial charge in [0.2, 0.25) is 10.0 Å². The molecule has 20 heavy (non-hydrogen) atoms. The van der Waals surface area contributed by atoms with Gasteiger partial charge in [-0.1, -0.05) is 12.1 Å². The first-order valence-corrected chi connectivity index (χ1v) is 7.08. The maximum Gasteiger partial charge on any atom is 0.417 e. The number of halogens is 3. The molecule has 3 N–H and O–H groups in total. The molecule has 1 atom stereocenters. The number of hydrogen-bond donors (Lipinski definition) is 2. The van der Waals surface area contributed by atoms with Crippen LogP contribution >= 0.6 is 0 Å². The van der Waals surface area contributed by atoms with Gasteiger partial charge in [0.25, 0.3) is 0 Å². The van der Waals surface area contributed by atoms with Crippen molar-refractivity contribution in [3.8, 4) is 0 Å². The van der Waals surface area contributed by atoms with Crippen LogP contribution in [-0.4, -0.2) is 34.7 Å². The molecule has 0 saturated heterocycles. The van der Waals surface area contributed by atoms with Crippen LogP contribution in [0.25, 0.3) is 0 Å². The lowest BCUT2D eigenvalue weighted by Gasteiger charge is -2.18. The minimum absolute atomic E-state index is 0.0378. The van der Waals surface area contributed by atoms with Crippen molar-refractivity contribution in [2.24, 2.45) is 5.73 Å². The van der Waals surface area contributed by atoms with Crippen molar-refractivity contribution in [1.29, 1.82) is 0 Å². The van der Waals surface area contributed by atoms with E-state index in [2.05, 4.69) is 4.72 Å². The van der Waals surface area contributed by atoms with Crippen molar-refractivity contribution in [3.63, 3.8) is 0 Å². The molecule has 1 aromatic carbocycles. The fourth-order valence-corrected chi connectivity index (χ4v) is 3.03. The first-order valence-electron chi connectivity index (χ1n) is 5.60. The van der Waals surface area contributed by atoms with Crippen LogP contribution in [-0.2, 0) is 20.9 Å². The van der Waals surface area contributed by atoms with Gasteiger partial charge < -0.3 is 10.5 Å². The van der Waals surface area contributed by atoms with Crippen molar-refractivity contribution < 1.29 is 26.3 Å². The van der Waals surface area contributed by atoms with Crippen LogP contribution in [0.2, 0.25) is 0 Å². The van der Waals surface area contributed by atoms with Crippen LogP contribution in [0, 0.1) is 0 Å². The molecule has 0 heterocycles. The van der Waals surface area contributed by atoms with Gasteiger partial charge >= 0.3 is 6.18 Å². The number of methoxy groups -OCH3 is 1. The van der Waals surface area contributed by atoms with Gasteiger partial charge in [-0.05, 0) is 12.1 Å². The van der Waals surface area contributed by atoms with Crippen LogP contribution < -0.4 is 10.5 Å². The Balaban J connectivity index is 3.16. The van der Waals surface area contributed by atoms with E-state index in [-0.39, 0.29) is 13.2 Å². The smallest absolute Gasteiger partial charge is 0.383 e. The van der Waals surface area contributed by atoms with E-state index in [4.69, 9.17) is 10.5 Å². The quantitative estimate of drug-likeness (QED) is 0.820. The maximum atomic E-state index is 12.8. The Kier molecular flexibility index (Phi) is 5.51. The molecule has 1 rings (SSSR count). The standard InChI is InChI=1S/C11H15F3N2O3S/c1-19-7-8(6-15)16-20(17,18)10-5-3-2-4-9(10)11(12,13)14/h2-5,8,16H,6-7,15H2,1H3. The van der Waals surface area contributed by atoms with Crippen LogP contribution in [0.4, 0.5) is 13.2 Å². The molecular formula is C11H15F3N2O3S. The van der Waals surface area contributed by atoms with E-state index in [1.54, 1.807) is 0 Å². The average molecular weight is 312 g/mol. The number of sulfonamides is 1. The molecule has 5 nitrogen and oxygen atoms in total. The Morgan fingerprint density at radius 2 is 1.95 bits per heavy atom. The molecule has 0 aliphatic heterocycles. The molecule has 0 bridgehead atoms. The molecule has 0 aliphatic carbocycles. The zero-order valence-corrected chi connectivity index (χ0v) is 11.5. The Labute approximate surface area is 115 Å². The van der Waals surface area contributed by atoms with E-state index in [1.165, 1.54) is 13.2 Å². The molecule has 0 saturated carbocycles. The number of hydrogen-bond acceptors (Lipinski definition) is 4. The Morgan fingerprint density at radius 3 is 2.45 bits per heavy atom. The van der Waals surface area contributed by atoms with Gasteiger partial charge in [0.1, 0.15) is 0 Å². The van der Waals surface area contributed by atoms with E-state index in [9.17, 15) is 21.6 Å². The van der Waals surface area contributed by atoms with Crippen LogP contribution in [0.3, 0.4) is 0 Å². The summed E-state index contributed by atoms with van der Waals surface area (Å²) in [6, 6.07) is 3.15. The Hall–Kier alpha value is -1.16. The molecule has 0 aromatic heterocycles. The third-order valence-electron chi connectivity index (χ3n) is 2.46. The molecular weight excluding hydrogens is 297 g/mol. The zero-order chi connectivity index (χ0) is 15.4. The zero-order valence-electron chi connectivity index (χ0n) is 10.6. The van der Waals surface area contributed by atoms with Crippen LogP contribution in [0.5, 0.6) is 0 Å². The van der Waals surface area contributed by atoms with Crippen molar-refractivity contribution in [2.75, 3.05) is 20.3 Å². The molecule has 114 valence electrons. The summed E-state index contributed by atoms with van der Waals surface area (Å²) in [5.41, 5.74) is 4.12. The monoisotopic (exact) mass is 312 g/mol. The summed E-state index contributed by atoms with van der Waals surface area (Å²) in [5.74, 6) is 0.